The van der Waals surface area contributed by atoms with Gasteiger partial charge in [-0.1, -0.05) is 6.92 Å². The van der Waals surface area contributed by atoms with Crippen LogP contribution in [-0.4, -0.2) is 23.2 Å². The molecule has 1 aromatic carbocycles. The van der Waals surface area contributed by atoms with Gasteiger partial charge in [-0.15, -0.1) is 0 Å². The van der Waals surface area contributed by atoms with Crippen LogP contribution in [0.1, 0.15) is 31.7 Å². The van der Waals surface area contributed by atoms with Crippen molar-refractivity contribution in [1.82, 2.24) is 0 Å². The molecule has 1 aromatic rings. The maximum Gasteiger partial charge on any atom is 0.273 e. The van der Waals surface area contributed by atoms with Crippen LogP contribution in [-0.2, 0) is 0 Å². The third kappa shape index (κ3) is 2.94. The highest BCUT2D eigenvalue weighted by molar-refractivity contribution is 5.47. The van der Waals surface area contributed by atoms with Crippen LogP contribution in [0.15, 0.2) is 18.2 Å². The van der Waals surface area contributed by atoms with Crippen molar-refractivity contribution in [3.05, 3.63) is 33.9 Å². The molecule has 0 aromatic heterocycles. The van der Waals surface area contributed by atoms with E-state index in [0.29, 0.717) is 17.7 Å². The van der Waals surface area contributed by atoms with Gasteiger partial charge in [-0.3, -0.25) is 10.1 Å². The topological polar surface area (TPSA) is 72.6 Å². The first kappa shape index (κ1) is 13.4. The molecule has 0 fully saturated rings. The van der Waals surface area contributed by atoms with Crippen LogP contribution in [0, 0.1) is 10.1 Å². The number of aliphatic hydroxyl groups excluding tert-OH is 1. The van der Waals surface area contributed by atoms with Gasteiger partial charge in [-0.05, 0) is 25.5 Å². The summed E-state index contributed by atoms with van der Waals surface area (Å²) in [6.45, 7) is 3.53. The molecule has 1 N–H and O–H groups in total. The zero-order chi connectivity index (χ0) is 13.0. The summed E-state index contributed by atoms with van der Waals surface area (Å²) in [5.74, 6) is 0.301. The Morgan fingerprint density at radius 3 is 2.59 bits per heavy atom. The highest BCUT2D eigenvalue weighted by Gasteiger charge is 2.25. The van der Waals surface area contributed by atoms with Crippen LogP contribution in [0.2, 0.25) is 0 Å². The van der Waals surface area contributed by atoms with E-state index < -0.39 is 11.0 Å². The average Bonchev–Trinajstić information content (AvgIpc) is 2.29. The number of nitro groups is 1. The molecule has 1 rings (SSSR count). The summed E-state index contributed by atoms with van der Waals surface area (Å²) in [4.78, 5) is 10.5. The molecule has 17 heavy (non-hydrogen) atoms. The van der Waals surface area contributed by atoms with E-state index in [-0.39, 0.29) is 11.6 Å². The molecule has 0 amide bonds. The monoisotopic (exact) mass is 239 g/mol. The van der Waals surface area contributed by atoms with Crippen molar-refractivity contribution in [2.45, 2.75) is 32.3 Å². The van der Waals surface area contributed by atoms with Gasteiger partial charge in [-0.2, -0.15) is 0 Å². The van der Waals surface area contributed by atoms with E-state index in [4.69, 9.17) is 4.74 Å². The second kappa shape index (κ2) is 5.63. The number of aliphatic hydroxyl groups is 1. The minimum absolute atomic E-state index is 0.0264. The Morgan fingerprint density at radius 1 is 1.53 bits per heavy atom. The van der Waals surface area contributed by atoms with Crippen LogP contribution < -0.4 is 4.74 Å². The van der Waals surface area contributed by atoms with E-state index in [0.717, 1.165) is 0 Å². The Bertz CT molecular complexity index is 403. The van der Waals surface area contributed by atoms with E-state index in [1.54, 1.807) is 19.1 Å². The largest absolute Gasteiger partial charge is 0.497 e. The number of ether oxygens (including phenoxy) is 1. The number of nitrogens with zero attached hydrogens (tertiary/aromatic N) is 1. The van der Waals surface area contributed by atoms with E-state index in [2.05, 4.69) is 0 Å². The van der Waals surface area contributed by atoms with Gasteiger partial charge in [0.2, 0.25) is 0 Å². The molecule has 0 saturated heterocycles. The quantitative estimate of drug-likeness (QED) is 0.632. The number of hydrogen-bond acceptors (Lipinski definition) is 4. The van der Waals surface area contributed by atoms with Gasteiger partial charge in [0.05, 0.1) is 18.1 Å². The SMILES string of the molecule is CCC(c1cc(OC)ccc1[N+](=O)[O-])C(C)O. The second-order valence-electron chi connectivity index (χ2n) is 3.94. The number of methoxy groups -OCH3 is 1. The first-order chi connectivity index (χ1) is 8.01. The number of benzene rings is 1. The van der Waals surface area contributed by atoms with Crippen molar-refractivity contribution in [2.24, 2.45) is 0 Å². The van der Waals surface area contributed by atoms with Gasteiger partial charge in [0, 0.05) is 17.5 Å². The summed E-state index contributed by atoms with van der Waals surface area (Å²) >= 11 is 0. The first-order valence-corrected chi connectivity index (χ1v) is 5.51. The molecule has 0 aliphatic rings. The fourth-order valence-electron chi connectivity index (χ4n) is 1.94. The zero-order valence-electron chi connectivity index (χ0n) is 10.2. The molecule has 5 nitrogen and oxygen atoms in total. The molecular formula is C12H17NO4. The third-order valence-electron chi connectivity index (χ3n) is 2.85. The van der Waals surface area contributed by atoms with Crippen molar-refractivity contribution < 1.29 is 14.8 Å². The van der Waals surface area contributed by atoms with Crippen molar-refractivity contribution in [1.29, 1.82) is 0 Å². The number of nitro benzene ring substituents is 1. The Morgan fingerprint density at radius 2 is 2.18 bits per heavy atom. The molecule has 0 aliphatic heterocycles. The van der Waals surface area contributed by atoms with Crippen molar-refractivity contribution in [2.75, 3.05) is 7.11 Å². The highest BCUT2D eigenvalue weighted by Crippen LogP contribution is 2.34. The van der Waals surface area contributed by atoms with Gasteiger partial charge < -0.3 is 9.84 Å². The molecule has 2 unspecified atom stereocenters. The van der Waals surface area contributed by atoms with Crippen molar-refractivity contribution >= 4 is 5.69 Å². The summed E-state index contributed by atoms with van der Waals surface area (Å²) in [6, 6.07) is 4.59. The Balaban J connectivity index is 3.29. The normalized spacial score (nSPS) is 14.1. The first-order valence-electron chi connectivity index (χ1n) is 5.51. The average molecular weight is 239 g/mol. The van der Waals surface area contributed by atoms with E-state index in [1.807, 2.05) is 6.92 Å². The second-order valence-corrected chi connectivity index (χ2v) is 3.94. The predicted molar refractivity (Wildman–Crippen MR) is 64.4 cm³/mol. The standard InChI is InChI=1S/C12H17NO4/c1-4-10(8(2)14)11-7-9(17-3)5-6-12(11)13(15)16/h5-8,10,14H,4H2,1-3H3. The lowest BCUT2D eigenvalue weighted by Gasteiger charge is -2.18. The van der Waals surface area contributed by atoms with Gasteiger partial charge in [0.15, 0.2) is 0 Å². The number of rotatable bonds is 5. The summed E-state index contributed by atoms with van der Waals surface area (Å²) in [5.41, 5.74) is 0.547. The lowest BCUT2D eigenvalue weighted by molar-refractivity contribution is -0.385. The molecule has 0 saturated carbocycles. The van der Waals surface area contributed by atoms with Gasteiger partial charge in [0.1, 0.15) is 5.75 Å². The molecule has 0 spiro atoms. The van der Waals surface area contributed by atoms with Crippen molar-refractivity contribution in [3.8, 4) is 5.75 Å². The maximum absolute atomic E-state index is 10.9. The van der Waals surface area contributed by atoms with Crippen molar-refractivity contribution in [3.63, 3.8) is 0 Å². The Hall–Kier alpha value is -1.62. The zero-order valence-corrected chi connectivity index (χ0v) is 10.2. The van der Waals surface area contributed by atoms with E-state index >= 15 is 0 Å². The maximum atomic E-state index is 10.9. The number of hydrogen-bond donors (Lipinski definition) is 1. The van der Waals surface area contributed by atoms with Gasteiger partial charge in [0.25, 0.3) is 5.69 Å². The summed E-state index contributed by atoms with van der Waals surface area (Å²) in [6.07, 6.45) is -0.00288. The predicted octanol–water partition coefficient (Wildman–Crippen LogP) is 2.48. The molecule has 0 radical (unpaired) electrons. The summed E-state index contributed by atoms with van der Waals surface area (Å²) < 4.78 is 5.06. The van der Waals surface area contributed by atoms with E-state index in [1.165, 1.54) is 13.2 Å². The van der Waals surface area contributed by atoms with E-state index in [9.17, 15) is 15.2 Å². The lowest BCUT2D eigenvalue weighted by atomic mass is 9.90. The fourth-order valence-corrected chi connectivity index (χ4v) is 1.94. The summed E-state index contributed by atoms with van der Waals surface area (Å²) in [7, 11) is 1.51. The lowest BCUT2D eigenvalue weighted by Crippen LogP contribution is -2.15. The molecule has 0 bridgehead atoms. The van der Waals surface area contributed by atoms with Crippen LogP contribution in [0.5, 0.6) is 5.75 Å². The van der Waals surface area contributed by atoms with Crippen LogP contribution in [0.3, 0.4) is 0 Å². The minimum Gasteiger partial charge on any atom is -0.497 e. The molecular weight excluding hydrogens is 222 g/mol. The molecule has 2 atom stereocenters. The minimum atomic E-state index is -0.634. The third-order valence-corrected chi connectivity index (χ3v) is 2.85. The smallest absolute Gasteiger partial charge is 0.273 e. The van der Waals surface area contributed by atoms with Crippen LogP contribution >= 0.6 is 0 Å². The molecule has 94 valence electrons. The van der Waals surface area contributed by atoms with Gasteiger partial charge >= 0.3 is 0 Å². The fraction of sp³-hybridized carbons (Fsp3) is 0.500. The Labute approximate surface area is 100 Å². The van der Waals surface area contributed by atoms with Crippen LogP contribution in [0.4, 0.5) is 5.69 Å². The molecule has 0 heterocycles. The molecule has 5 heteroatoms. The summed E-state index contributed by atoms with van der Waals surface area (Å²) in [5, 5.41) is 20.6. The Kier molecular flexibility index (Phi) is 4.45. The highest BCUT2D eigenvalue weighted by atomic mass is 16.6. The molecule has 0 aliphatic carbocycles. The van der Waals surface area contributed by atoms with Gasteiger partial charge in [-0.25, -0.2) is 0 Å². The van der Waals surface area contributed by atoms with Crippen LogP contribution in [0.25, 0.3) is 0 Å².